The predicted octanol–water partition coefficient (Wildman–Crippen LogP) is 17.9. The van der Waals surface area contributed by atoms with E-state index in [1.54, 1.807) is 120 Å². The van der Waals surface area contributed by atoms with Gasteiger partial charge in [0.2, 0.25) is 0 Å². The molecule has 17 nitrogen and oxygen atoms in total. The quantitative estimate of drug-likeness (QED) is 0.0798. The van der Waals surface area contributed by atoms with E-state index in [0.29, 0.717) is 70.6 Å². The molecule has 0 aliphatic heterocycles. The number of nitrogens with zero attached hydrogens (tertiary/aromatic N) is 14. The van der Waals surface area contributed by atoms with Gasteiger partial charge in [-0.3, -0.25) is 38.7 Å². The number of benzene rings is 7. The van der Waals surface area contributed by atoms with Crippen molar-refractivity contribution < 1.29 is 27.0 Å². The monoisotopic (exact) mass is 1410 g/mol. The van der Waals surface area contributed by atoms with E-state index in [1.807, 2.05) is 168 Å². The van der Waals surface area contributed by atoms with E-state index >= 15 is 0 Å². The second kappa shape index (κ2) is 33.8. The summed E-state index contributed by atoms with van der Waals surface area (Å²) in [6.07, 6.45) is 8.49. The Bertz CT molecular complexity index is 5560. The maximum atomic E-state index is 14.2. The normalized spacial score (nSPS) is 10.8. The summed E-state index contributed by atoms with van der Waals surface area (Å²) >= 11 is 0. The topological polar surface area (TPSA) is 193 Å². The molecule has 16 aromatic rings. The first-order chi connectivity index (χ1) is 51.9. The first-order valence-corrected chi connectivity index (χ1v) is 33.8. The van der Waals surface area contributed by atoms with Gasteiger partial charge >= 0.3 is 0 Å². The molecule has 0 atom stereocenters. The number of methoxy groups -OCH3 is 2. The van der Waals surface area contributed by atoms with Crippen LogP contribution in [0.2, 0.25) is 0 Å². The number of hydrogen-bond donors (Lipinski definition) is 1. The molecular formula is C85H69F4N15O2. The van der Waals surface area contributed by atoms with E-state index in [-0.39, 0.29) is 29.8 Å². The lowest BCUT2D eigenvalue weighted by Crippen LogP contribution is -2.07. The van der Waals surface area contributed by atoms with Crippen molar-refractivity contribution in [2.45, 2.75) is 33.1 Å². The number of halogens is 4. The summed E-state index contributed by atoms with van der Waals surface area (Å²) < 4.78 is 74.6. The number of ether oxygens (including phenoxy) is 2. The molecule has 0 amide bonds. The SMILES string of the molecule is COc1cccc(-c2cc(-c3ccccn3)nn2Cc2ccccc2F)c1.COc1ccccc1-c1cc(-c2ccccn2)nn1Cc1ccccc1F.Cc1ccc(-c2cc(-c3ccccn3)nn2Cc2ccccc2F)cc1.Nc1ccnc(-c2cc(-c3ccccn3)nn2Cc2ccccc2F)n1. The average Bonchev–Trinajstić information content (AvgIpc) is 1.67. The zero-order valence-electron chi connectivity index (χ0n) is 57.9. The van der Waals surface area contributed by atoms with E-state index in [2.05, 4.69) is 66.2 Å². The third-order valence-electron chi connectivity index (χ3n) is 16.9. The predicted molar refractivity (Wildman–Crippen MR) is 403 cm³/mol. The molecule has 16 rings (SSSR count). The minimum atomic E-state index is -0.290. The maximum Gasteiger partial charge on any atom is 0.179 e. The van der Waals surface area contributed by atoms with Crippen LogP contribution in [0.4, 0.5) is 23.4 Å². The number of pyridine rings is 4. The average molecular weight is 1410 g/mol. The van der Waals surface area contributed by atoms with Gasteiger partial charge in [0.05, 0.1) is 80.3 Å². The second-order valence-electron chi connectivity index (χ2n) is 24.1. The number of para-hydroxylation sites is 1. The Morgan fingerprint density at radius 3 is 1.10 bits per heavy atom. The lowest BCUT2D eigenvalue weighted by atomic mass is 10.1. The molecule has 21 heteroatoms. The van der Waals surface area contributed by atoms with Crippen LogP contribution in [-0.2, 0) is 26.2 Å². The van der Waals surface area contributed by atoms with Crippen LogP contribution >= 0.6 is 0 Å². The van der Waals surface area contributed by atoms with Gasteiger partial charge in [-0.05, 0) is 140 Å². The standard InChI is InChI=1S/2C22H18FN3O.C22H18FN3.C19H15FN6/c1-27-22-12-5-3-9-17(22)21-14-20(19-11-6-7-13-24-19)25-26(21)15-16-8-2-4-10-18(16)23;1-27-18-9-6-8-16(13-18)22-14-21(20-11-4-5-12-24-20)25-26(22)15-17-7-2-3-10-19(17)23;1-16-9-11-17(12-10-16)22-14-21(20-8-4-5-13-24-20)25-26(22)15-18-6-2-3-7-19(18)23;20-14-6-2-1-5-13(14)12-26-17(19-23-10-8-18(21)24-19)11-16(25-26)15-7-3-4-9-22-15/h2*2-14H,15H2,1H3;2-14H,15H2,1H3;1-11H,12H2,(H2,21,23,24). The Balaban J connectivity index is 0.000000125. The highest BCUT2D eigenvalue weighted by molar-refractivity contribution is 5.73. The zero-order chi connectivity index (χ0) is 73.1. The molecule has 0 bridgehead atoms. The molecule has 0 aliphatic rings. The van der Waals surface area contributed by atoms with E-state index in [0.717, 1.165) is 79.4 Å². The highest BCUT2D eigenvalue weighted by Gasteiger charge is 2.21. The first-order valence-electron chi connectivity index (χ1n) is 33.8. The van der Waals surface area contributed by atoms with Crippen LogP contribution < -0.4 is 15.2 Å². The molecule has 0 aliphatic carbocycles. The summed E-state index contributed by atoms with van der Waals surface area (Å²) in [5.41, 5.74) is 21.4. The van der Waals surface area contributed by atoms with Crippen molar-refractivity contribution in [1.82, 2.24) is 69.0 Å². The lowest BCUT2D eigenvalue weighted by molar-refractivity contribution is 0.415. The Morgan fingerprint density at radius 1 is 0.321 bits per heavy atom. The zero-order valence-corrected chi connectivity index (χ0v) is 57.9. The summed E-state index contributed by atoms with van der Waals surface area (Å²) in [6.45, 7) is 3.30. The van der Waals surface area contributed by atoms with Crippen molar-refractivity contribution in [2.24, 2.45) is 0 Å². The summed E-state index contributed by atoms with van der Waals surface area (Å²) in [6, 6.07) is 82.7. The van der Waals surface area contributed by atoms with E-state index in [4.69, 9.17) is 30.5 Å². The van der Waals surface area contributed by atoms with Gasteiger partial charge in [-0.25, -0.2) is 27.5 Å². The molecule has 0 saturated heterocycles. The fourth-order valence-electron chi connectivity index (χ4n) is 11.6. The third kappa shape index (κ3) is 17.4. The maximum absolute atomic E-state index is 14.2. The van der Waals surface area contributed by atoms with Gasteiger partial charge in [0.25, 0.3) is 0 Å². The van der Waals surface area contributed by atoms with E-state index < -0.39 is 0 Å². The van der Waals surface area contributed by atoms with Gasteiger partial charge < -0.3 is 15.2 Å². The Morgan fingerprint density at radius 2 is 0.698 bits per heavy atom. The molecule has 106 heavy (non-hydrogen) atoms. The minimum absolute atomic E-state index is 0.225. The van der Waals surface area contributed by atoms with Crippen molar-refractivity contribution >= 4 is 5.82 Å². The highest BCUT2D eigenvalue weighted by Crippen LogP contribution is 2.35. The molecule has 0 saturated carbocycles. The smallest absolute Gasteiger partial charge is 0.179 e. The van der Waals surface area contributed by atoms with Gasteiger partial charge in [-0.2, -0.15) is 20.4 Å². The van der Waals surface area contributed by atoms with Crippen molar-refractivity contribution in [2.75, 3.05) is 20.0 Å². The third-order valence-corrected chi connectivity index (χ3v) is 16.9. The molecule has 0 fully saturated rings. The molecule has 2 N–H and O–H groups in total. The van der Waals surface area contributed by atoms with Crippen molar-refractivity contribution in [3.63, 3.8) is 0 Å². The number of hydrogen-bond acceptors (Lipinski definition) is 13. The largest absolute Gasteiger partial charge is 0.497 e. The van der Waals surface area contributed by atoms with Crippen LogP contribution in [0.25, 0.3) is 90.8 Å². The van der Waals surface area contributed by atoms with Crippen molar-refractivity contribution in [3.05, 3.63) is 355 Å². The van der Waals surface area contributed by atoms with Gasteiger partial charge in [-0.1, -0.05) is 151 Å². The van der Waals surface area contributed by atoms with Crippen LogP contribution in [0.15, 0.2) is 304 Å². The minimum Gasteiger partial charge on any atom is -0.497 e. The molecule has 7 aromatic carbocycles. The number of nitrogens with two attached hydrogens (primary N) is 1. The molecule has 0 unspecified atom stereocenters. The molecular weight excluding hydrogens is 1340 g/mol. The first kappa shape index (κ1) is 70.6. The van der Waals surface area contributed by atoms with Crippen LogP contribution in [0, 0.1) is 30.2 Å². The fraction of sp³-hybridized carbons (Fsp3) is 0.0824. The van der Waals surface area contributed by atoms with Gasteiger partial charge in [0.1, 0.15) is 69.1 Å². The van der Waals surface area contributed by atoms with Gasteiger partial charge in [0, 0.05) is 64.4 Å². The van der Waals surface area contributed by atoms with Gasteiger partial charge in [-0.15, -0.1) is 0 Å². The van der Waals surface area contributed by atoms with Gasteiger partial charge in [0.15, 0.2) is 5.82 Å². The lowest BCUT2D eigenvalue weighted by Gasteiger charge is -2.11. The van der Waals surface area contributed by atoms with Crippen LogP contribution in [-0.4, -0.2) is 83.2 Å². The van der Waals surface area contributed by atoms with Crippen molar-refractivity contribution in [3.8, 4) is 102 Å². The summed E-state index contributed by atoms with van der Waals surface area (Å²) in [5, 5.41) is 18.7. The van der Waals surface area contributed by atoms with Crippen molar-refractivity contribution in [1.29, 1.82) is 0 Å². The summed E-state index contributed by atoms with van der Waals surface area (Å²) in [4.78, 5) is 26.0. The van der Waals surface area contributed by atoms with E-state index in [9.17, 15) is 17.6 Å². The Kier molecular flexibility index (Phi) is 22.5. The second-order valence-corrected chi connectivity index (χ2v) is 24.1. The van der Waals surface area contributed by atoms with Crippen LogP contribution in [0.3, 0.4) is 0 Å². The molecule has 0 radical (unpaired) electrons. The number of anilines is 1. The number of aryl methyl sites for hydroxylation is 1. The molecule has 9 heterocycles. The summed E-state index contributed by atoms with van der Waals surface area (Å²) in [7, 11) is 3.27. The van der Waals surface area contributed by atoms with Crippen LogP contribution in [0.5, 0.6) is 11.5 Å². The summed E-state index contributed by atoms with van der Waals surface area (Å²) in [5.74, 6) is 1.26. The fourth-order valence-corrected chi connectivity index (χ4v) is 11.6. The Hall–Kier alpha value is -13.8. The number of rotatable bonds is 18. The number of nitrogen functional groups attached to an aromatic ring is 1. The molecule has 524 valence electrons. The molecule has 0 spiro atoms. The number of aromatic nitrogens is 14. The van der Waals surface area contributed by atoms with Crippen LogP contribution in [0.1, 0.15) is 27.8 Å². The van der Waals surface area contributed by atoms with E-state index in [1.165, 1.54) is 29.8 Å². The Labute approximate surface area is 609 Å². The highest BCUT2D eigenvalue weighted by atomic mass is 19.1. The molecule has 9 aromatic heterocycles.